The van der Waals surface area contributed by atoms with E-state index >= 15 is 0 Å². The van der Waals surface area contributed by atoms with E-state index in [2.05, 4.69) is 10.6 Å². The van der Waals surface area contributed by atoms with E-state index in [0.717, 1.165) is 5.56 Å². The van der Waals surface area contributed by atoms with Crippen molar-refractivity contribution >= 4 is 5.91 Å². The minimum Gasteiger partial charge on any atom is -0.508 e. The fourth-order valence-electron chi connectivity index (χ4n) is 1.39. The summed E-state index contributed by atoms with van der Waals surface area (Å²) < 4.78 is 0. The van der Waals surface area contributed by atoms with Crippen molar-refractivity contribution < 1.29 is 9.90 Å². The third-order valence-corrected chi connectivity index (χ3v) is 2.14. The molecule has 0 saturated carbocycles. The molecule has 0 aliphatic rings. The second-order valence-corrected chi connectivity index (χ2v) is 3.55. The highest BCUT2D eigenvalue weighted by atomic mass is 16.3. The number of hydrogen-bond acceptors (Lipinski definition) is 3. The van der Waals surface area contributed by atoms with E-state index in [4.69, 9.17) is 0 Å². The highest BCUT2D eigenvalue weighted by Gasteiger charge is 1.98. The van der Waals surface area contributed by atoms with Crippen molar-refractivity contribution in [1.29, 1.82) is 0 Å². The first kappa shape index (κ1) is 12.5. The van der Waals surface area contributed by atoms with Gasteiger partial charge in [-0.1, -0.05) is 12.1 Å². The number of nitrogens with one attached hydrogen (secondary N) is 2. The zero-order chi connectivity index (χ0) is 11.8. The van der Waals surface area contributed by atoms with Crippen molar-refractivity contribution in [1.82, 2.24) is 10.6 Å². The number of carbonyl (C=O) groups is 1. The quantitative estimate of drug-likeness (QED) is 0.629. The van der Waals surface area contributed by atoms with Gasteiger partial charge in [-0.15, -0.1) is 0 Å². The van der Waals surface area contributed by atoms with Crippen LogP contribution in [0.15, 0.2) is 24.3 Å². The van der Waals surface area contributed by atoms with E-state index in [1.54, 1.807) is 18.2 Å². The Kier molecular flexibility index (Phi) is 5.36. The molecule has 0 fully saturated rings. The Bertz CT molecular complexity index is 340. The molecule has 0 unspecified atom stereocenters. The lowest BCUT2D eigenvalue weighted by Crippen LogP contribution is -2.27. The van der Waals surface area contributed by atoms with Crippen LogP contribution in [-0.2, 0) is 11.3 Å². The maximum absolute atomic E-state index is 11.1. The van der Waals surface area contributed by atoms with Gasteiger partial charge in [0.1, 0.15) is 5.75 Å². The Morgan fingerprint density at radius 1 is 1.44 bits per heavy atom. The molecule has 3 N–H and O–H groups in total. The van der Waals surface area contributed by atoms with E-state index < -0.39 is 0 Å². The van der Waals surface area contributed by atoms with E-state index in [0.29, 0.717) is 26.1 Å². The Labute approximate surface area is 95.7 Å². The molecule has 0 radical (unpaired) electrons. The number of phenolic OH excluding ortho intramolecular Hbond substituents is 1. The molecule has 88 valence electrons. The predicted molar refractivity (Wildman–Crippen MR) is 63.1 cm³/mol. The zero-order valence-electron chi connectivity index (χ0n) is 9.49. The van der Waals surface area contributed by atoms with Crippen LogP contribution < -0.4 is 10.6 Å². The lowest BCUT2D eigenvalue weighted by atomic mass is 10.2. The summed E-state index contributed by atoms with van der Waals surface area (Å²) in [5.74, 6) is 0.328. The molecule has 0 heterocycles. The van der Waals surface area contributed by atoms with Crippen LogP contribution in [0.5, 0.6) is 5.75 Å². The number of rotatable bonds is 6. The standard InChI is InChI=1S/C12H18N2O2/c1-2-14-12(16)6-7-13-9-10-4-3-5-11(15)8-10/h3-5,8,13,15H,2,6-7,9H2,1H3,(H,14,16). The second-order valence-electron chi connectivity index (χ2n) is 3.55. The Morgan fingerprint density at radius 3 is 2.94 bits per heavy atom. The molecule has 4 heteroatoms. The third-order valence-electron chi connectivity index (χ3n) is 2.14. The summed E-state index contributed by atoms with van der Waals surface area (Å²) in [5.41, 5.74) is 1.01. The van der Waals surface area contributed by atoms with Crippen LogP contribution >= 0.6 is 0 Å². The molecule has 4 nitrogen and oxygen atoms in total. The summed E-state index contributed by atoms with van der Waals surface area (Å²) >= 11 is 0. The van der Waals surface area contributed by atoms with Crippen LogP contribution in [0.4, 0.5) is 0 Å². The molecular weight excluding hydrogens is 204 g/mol. The van der Waals surface area contributed by atoms with Gasteiger partial charge in [-0.25, -0.2) is 0 Å². The molecule has 16 heavy (non-hydrogen) atoms. The van der Waals surface area contributed by atoms with Crippen LogP contribution in [0.3, 0.4) is 0 Å². The van der Waals surface area contributed by atoms with Gasteiger partial charge in [0.15, 0.2) is 0 Å². The predicted octanol–water partition coefficient (Wildman–Crippen LogP) is 1.01. The molecular formula is C12H18N2O2. The topological polar surface area (TPSA) is 61.4 Å². The minimum atomic E-state index is 0.0610. The van der Waals surface area contributed by atoms with Gasteiger partial charge in [-0.3, -0.25) is 4.79 Å². The maximum atomic E-state index is 11.1. The molecule has 1 rings (SSSR count). The Morgan fingerprint density at radius 2 is 2.25 bits per heavy atom. The molecule has 0 aliphatic heterocycles. The number of hydrogen-bond donors (Lipinski definition) is 3. The van der Waals surface area contributed by atoms with Crippen molar-refractivity contribution in [3.63, 3.8) is 0 Å². The van der Waals surface area contributed by atoms with Gasteiger partial charge in [-0.2, -0.15) is 0 Å². The lowest BCUT2D eigenvalue weighted by Gasteiger charge is -2.05. The summed E-state index contributed by atoms with van der Waals surface area (Å²) in [4.78, 5) is 11.1. The number of carbonyl (C=O) groups excluding carboxylic acids is 1. The maximum Gasteiger partial charge on any atom is 0.221 e. The molecule has 0 spiro atoms. The Hall–Kier alpha value is -1.55. The molecule has 1 aromatic rings. The minimum absolute atomic E-state index is 0.0610. The van der Waals surface area contributed by atoms with E-state index in [1.807, 2.05) is 13.0 Å². The summed E-state index contributed by atoms with van der Waals surface area (Å²) in [6.45, 7) is 3.87. The summed E-state index contributed by atoms with van der Waals surface area (Å²) in [6, 6.07) is 7.08. The van der Waals surface area contributed by atoms with Gasteiger partial charge in [0.05, 0.1) is 0 Å². The second kappa shape index (κ2) is 6.85. The van der Waals surface area contributed by atoms with Gasteiger partial charge >= 0.3 is 0 Å². The highest BCUT2D eigenvalue weighted by Crippen LogP contribution is 2.10. The van der Waals surface area contributed by atoms with Gasteiger partial charge in [-0.05, 0) is 24.6 Å². The van der Waals surface area contributed by atoms with Crippen molar-refractivity contribution in [2.75, 3.05) is 13.1 Å². The van der Waals surface area contributed by atoms with Crippen LogP contribution in [0.2, 0.25) is 0 Å². The van der Waals surface area contributed by atoms with Crippen LogP contribution in [-0.4, -0.2) is 24.1 Å². The molecule has 0 aromatic heterocycles. The van der Waals surface area contributed by atoms with Crippen molar-refractivity contribution in [2.45, 2.75) is 19.9 Å². The highest BCUT2D eigenvalue weighted by molar-refractivity contribution is 5.75. The van der Waals surface area contributed by atoms with Crippen molar-refractivity contribution in [2.24, 2.45) is 0 Å². The van der Waals surface area contributed by atoms with Crippen LogP contribution in [0.1, 0.15) is 18.9 Å². The fourth-order valence-corrected chi connectivity index (χ4v) is 1.39. The van der Waals surface area contributed by atoms with Gasteiger partial charge in [0.2, 0.25) is 5.91 Å². The van der Waals surface area contributed by atoms with Crippen LogP contribution in [0.25, 0.3) is 0 Å². The first-order valence-corrected chi connectivity index (χ1v) is 5.47. The van der Waals surface area contributed by atoms with Gasteiger partial charge in [0, 0.05) is 26.1 Å². The molecule has 0 bridgehead atoms. The average molecular weight is 222 g/mol. The van der Waals surface area contributed by atoms with E-state index in [9.17, 15) is 9.90 Å². The smallest absolute Gasteiger partial charge is 0.221 e. The molecule has 0 atom stereocenters. The first-order valence-electron chi connectivity index (χ1n) is 5.47. The number of phenols is 1. The van der Waals surface area contributed by atoms with Gasteiger partial charge < -0.3 is 15.7 Å². The van der Waals surface area contributed by atoms with Crippen LogP contribution in [0, 0.1) is 0 Å². The molecule has 0 saturated heterocycles. The van der Waals surface area contributed by atoms with E-state index in [-0.39, 0.29) is 11.7 Å². The fraction of sp³-hybridized carbons (Fsp3) is 0.417. The number of benzene rings is 1. The van der Waals surface area contributed by atoms with Crippen molar-refractivity contribution in [3.05, 3.63) is 29.8 Å². The molecule has 1 amide bonds. The summed E-state index contributed by atoms with van der Waals surface area (Å²) in [7, 11) is 0. The number of aromatic hydroxyl groups is 1. The summed E-state index contributed by atoms with van der Waals surface area (Å²) in [5, 5.41) is 15.1. The third kappa shape index (κ3) is 4.79. The Balaban J connectivity index is 2.18. The number of amides is 1. The van der Waals surface area contributed by atoms with Crippen molar-refractivity contribution in [3.8, 4) is 5.75 Å². The zero-order valence-corrected chi connectivity index (χ0v) is 9.49. The average Bonchev–Trinajstić information content (AvgIpc) is 2.25. The normalized spacial score (nSPS) is 10.1. The monoisotopic (exact) mass is 222 g/mol. The van der Waals surface area contributed by atoms with Gasteiger partial charge in [0.25, 0.3) is 0 Å². The lowest BCUT2D eigenvalue weighted by molar-refractivity contribution is -0.120. The molecule has 0 aliphatic carbocycles. The SMILES string of the molecule is CCNC(=O)CCNCc1cccc(O)c1. The van der Waals surface area contributed by atoms with E-state index in [1.165, 1.54) is 0 Å². The summed E-state index contributed by atoms with van der Waals surface area (Å²) in [6.07, 6.45) is 0.479. The first-order chi connectivity index (χ1) is 7.72. The largest absolute Gasteiger partial charge is 0.508 e. The molecule has 1 aromatic carbocycles.